The number of rotatable bonds is 6. The Morgan fingerprint density at radius 1 is 1.36 bits per heavy atom. The van der Waals surface area contributed by atoms with Gasteiger partial charge in [0.05, 0.1) is 11.1 Å². The third kappa shape index (κ3) is 4.01. The molecule has 3 rings (SSSR count). The first-order chi connectivity index (χ1) is 13.3. The van der Waals surface area contributed by atoms with Crippen LogP contribution in [-0.2, 0) is 15.7 Å². The van der Waals surface area contributed by atoms with Crippen molar-refractivity contribution >= 4 is 23.7 Å². The summed E-state index contributed by atoms with van der Waals surface area (Å²) in [5, 5.41) is 6.96. The Hall–Kier alpha value is -2.49. The van der Waals surface area contributed by atoms with Gasteiger partial charge in [0.2, 0.25) is 5.95 Å². The fourth-order valence-electron chi connectivity index (χ4n) is 3.05. The number of ether oxygens (including phenoxy) is 1. The first-order valence-electron chi connectivity index (χ1n) is 8.62. The maximum atomic E-state index is 13.6. The highest BCUT2D eigenvalue weighted by Gasteiger charge is 2.41. The van der Waals surface area contributed by atoms with Crippen LogP contribution in [0.2, 0.25) is 0 Å². The summed E-state index contributed by atoms with van der Waals surface area (Å²) in [6.45, 7) is 3.77. The summed E-state index contributed by atoms with van der Waals surface area (Å²) < 4.78 is 47.5. The lowest BCUT2D eigenvalue weighted by molar-refractivity contribution is -0.141. The molecule has 1 atom stereocenters. The molecule has 0 saturated carbocycles. The number of nitrogens with zero attached hydrogens (tertiary/aromatic N) is 3. The fraction of sp³-hybridized carbons (Fsp3) is 0.389. The van der Waals surface area contributed by atoms with Crippen LogP contribution in [0.15, 0.2) is 41.9 Å². The second-order valence-electron chi connectivity index (χ2n) is 6.01. The number of allylic oxidation sites excluding steroid dienone is 1. The number of hydrogen-bond donors (Lipinski definition) is 1. The van der Waals surface area contributed by atoms with Crippen LogP contribution < -0.4 is 5.32 Å². The van der Waals surface area contributed by atoms with E-state index in [9.17, 15) is 18.0 Å². The van der Waals surface area contributed by atoms with Gasteiger partial charge in [-0.15, -0.1) is 0 Å². The van der Waals surface area contributed by atoms with Crippen molar-refractivity contribution in [2.24, 2.45) is 0 Å². The van der Waals surface area contributed by atoms with Crippen molar-refractivity contribution in [2.75, 3.05) is 23.4 Å². The molecule has 0 amide bonds. The summed E-state index contributed by atoms with van der Waals surface area (Å²) >= 11 is 1.61. The molecule has 1 aliphatic rings. The molecule has 2 aromatic rings. The highest BCUT2D eigenvalue weighted by atomic mass is 32.2. The van der Waals surface area contributed by atoms with E-state index in [2.05, 4.69) is 15.4 Å². The maximum Gasteiger partial charge on any atom is 0.416 e. The van der Waals surface area contributed by atoms with Gasteiger partial charge in [-0.2, -0.15) is 35.0 Å². The Balaban J connectivity index is 2.05. The number of carbonyl (C=O) groups excluding carboxylic acids is 1. The lowest BCUT2D eigenvalue weighted by Gasteiger charge is -2.29. The summed E-state index contributed by atoms with van der Waals surface area (Å²) in [6.07, 6.45) is -3.35. The Morgan fingerprint density at radius 2 is 2.11 bits per heavy atom. The molecule has 10 heteroatoms. The average Bonchev–Trinajstić information content (AvgIpc) is 3.11. The molecule has 0 bridgehead atoms. The molecule has 1 aromatic heterocycles. The number of benzene rings is 1. The van der Waals surface area contributed by atoms with Crippen LogP contribution in [-0.4, -0.2) is 38.8 Å². The predicted octanol–water partition coefficient (Wildman–Crippen LogP) is 3.88. The molecular weight excluding hydrogens is 393 g/mol. The molecule has 150 valence electrons. The van der Waals surface area contributed by atoms with Crippen LogP contribution in [0, 0.1) is 0 Å². The third-order valence-electron chi connectivity index (χ3n) is 4.24. The van der Waals surface area contributed by atoms with Crippen LogP contribution in [0.1, 0.15) is 31.0 Å². The Bertz CT molecular complexity index is 895. The van der Waals surface area contributed by atoms with Gasteiger partial charge in [-0.3, -0.25) is 0 Å². The molecule has 0 spiro atoms. The minimum atomic E-state index is -4.58. The van der Waals surface area contributed by atoms with Crippen molar-refractivity contribution in [3.63, 3.8) is 0 Å². The molecule has 0 fully saturated rings. The molecular formula is C18H19F3N4O2S. The van der Waals surface area contributed by atoms with Crippen LogP contribution in [0.4, 0.5) is 19.1 Å². The largest absolute Gasteiger partial charge is 0.461 e. The topological polar surface area (TPSA) is 69.0 Å². The van der Waals surface area contributed by atoms with Crippen molar-refractivity contribution in [2.45, 2.75) is 26.1 Å². The molecule has 0 radical (unpaired) electrons. The smallest absolute Gasteiger partial charge is 0.416 e. The molecule has 1 aliphatic heterocycles. The molecule has 6 nitrogen and oxygen atoms in total. The molecule has 2 heterocycles. The number of halogens is 3. The lowest BCUT2D eigenvalue weighted by Crippen LogP contribution is -2.31. The van der Waals surface area contributed by atoms with Crippen molar-refractivity contribution in [1.82, 2.24) is 14.8 Å². The molecule has 0 unspecified atom stereocenters. The minimum Gasteiger partial charge on any atom is -0.461 e. The molecule has 0 saturated heterocycles. The lowest BCUT2D eigenvalue weighted by atomic mass is 9.92. The fourth-order valence-corrected chi connectivity index (χ4v) is 3.54. The van der Waals surface area contributed by atoms with Crippen LogP contribution in [0.3, 0.4) is 0 Å². The number of nitrogens with one attached hydrogen (secondary N) is 1. The Kier molecular flexibility index (Phi) is 5.97. The van der Waals surface area contributed by atoms with Crippen molar-refractivity contribution < 1.29 is 22.7 Å². The predicted molar refractivity (Wildman–Crippen MR) is 99.9 cm³/mol. The number of hydrogen-bond acceptors (Lipinski definition) is 6. The van der Waals surface area contributed by atoms with Crippen molar-refractivity contribution in [1.29, 1.82) is 0 Å². The summed E-state index contributed by atoms with van der Waals surface area (Å²) in [5.74, 6) is 1.08. The number of esters is 1. The normalized spacial score (nSPS) is 16.5. The Labute approximate surface area is 164 Å². The van der Waals surface area contributed by atoms with Gasteiger partial charge < -0.3 is 10.1 Å². The summed E-state index contributed by atoms with van der Waals surface area (Å²) in [7, 11) is 0. The van der Waals surface area contributed by atoms with E-state index in [1.807, 2.05) is 6.92 Å². The Morgan fingerprint density at radius 3 is 2.82 bits per heavy atom. The van der Waals surface area contributed by atoms with Gasteiger partial charge in [-0.25, -0.2) is 9.48 Å². The van der Waals surface area contributed by atoms with Gasteiger partial charge in [0, 0.05) is 11.4 Å². The summed E-state index contributed by atoms with van der Waals surface area (Å²) in [5.41, 5.74) is -0.452. The standard InChI is InChI=1S/C18H19F3N4O2S/c1-3-28-9-8-27-16(26)14-11(2)24-17-22-10-23-25(17)15(14)12-6-4-5-7-13(12)18(19,20)21/h4-7,10,15H,3,8-9H2,1-2H3,(H,22,23,24)/t15-/m1/s1. The highest BCUT2D eigenvalue weighted by Crippen LogP contribution is 2.41. The number of alkyl halides is 3. The second-order valence-corrected chi connectivity index (χ2v) is 7.41. The molecule has 1 N–H and O–H groups in total. The van der Waals surface area contributed by atoms with Crippen molar-refractivity contribution in [3.05, 3.63) is 53.0 Å². The van der Waals surface area contributed by atoms with Gasteiger partial charge in [-0.1, -0.05) is 25.1 Å². The second kappa shape index (κ2) is 8.26. The van der Waals surface area contributed by atoms with Gasteiger partial charge in [0.15, 0.2) is 0 Å². The number of carbonyl (C=O) groups is 1. The number of thioether (sulfide) groups is 1. The van der Waals surface area contributed by atoms with Gasteiger partial charge in [-0.05, 0) is 24.3 Å². The van der Waals surface area contributed by atoms with E-state index in [1.165, 1.54) is 29.2 Å². The highest BCUT2D eigenvalue weighted by molar-refractivity contribution is 7.99. The maximum absolute atomic E-state index is 13.6. The van der Waals surface area contributed by atoms with Crippen LogP contribution >= 0.6 is 11.8 Å². The first-order valence-corrected chi connectivity index (χ1v) is 9.78. The van der Waals surface area contributed by atoms with Gasteiger partial charge >= 0.3 is 12.1 Å². The zero-order chi connectivity index (χ0) is 20.3. The van der Waals surface area contributed by atoms with E-state index >= 15 is 0 Å². The van der Waals surface area contributed by atoms with E-state index in [4.69, 9.17) is 4.74 Å². The molecule has 0 aliphatic carbocycles. The zero-order valence-corrected chi connectivity index (χ0v) is 16.1. The van der Waals surface area contributed by atoms with Crippen LogP contribution in [0.25, 0.3) is 0 Å². The summed E-state index contributed by atoms with van der Waals surface area (Å²) in [6, 6.07) is 4.05. The summed E-state index contributed by atoms with van der Waals surface area (Å²) in [4.78, 5) is 16.8. The zero-order valence-electron chi connectivity index (χ0n) is 15.3. The molecule has 28 heavy (non-hydrogen) atoms. The van der Waals surface area contributed by atoms with Crippen LogP contribution in [0.5, 0.6) is 0 Å². The SMILES string of the molecule is CCSCCOC(=O)C1=C(C)Nc2ncnn2[C@@H]1c1ccccc1C(F)(F)F. The van der Waals surface area contributed by atoms with Gasteiger partial charge in [0.25, 0.3) is 0 Å². The third-order valence-corrected chi connectivity index (χ3v) is 5.10. The number of aromatic nitrogens is 3. The first kappa shape index (κ1) is 20.2. The van der Waals surface area contributed by atoms with E-state index < -0.39 is 23.8 Å². The molecule has 1 aromatic carbocycles. The van der Waals surface area contributed by atoms with Gasteiger partial charge in [0.1, 0.15) is 19.0 Å². The average molecular weight is 412 g/mol. The quantitative estimate of drug-likeness (QED) is 0.574. The number of anilines is 1. The minimum absolute atomic E-state index is 0.0798. The van der Waals surface area contributed by atoms with E-state index in [0.29, 0.717) is 11.4 Å². The monoisotopic (exact) mass is 412 g/mol. The van der Waals surface area contributed by atoms with Crippen molar-refractivity contribution in [3.8, 4) is 0 Å². The van der Waals surface area contributed by atoms with E-state index in [-0.39, 0.29) is 23.7 Å². The van der Waals surface area contributed by atoms with E-state index in [1.54, 1.807) is 18.7 Å². The van der Waals surface area contributed by atoms with E-state index in [0.717, 1.165) is 11.8 Å². The number of fused-ring (bicyclic) bond motifs is 1.